The van der Waals surface area contributed by atoms with E-state index < -0.39 is 13.5 Å². The molecule has 0 bridgehead atoms. The van der Waals surface area contributed by atoms with Gasteiger partial charge in [0, 0.05) is 4.88 Å². The minimum atomic E-state index is -4.46. The first-order valence-corrected chi connectivity index (χ1v) is 7.71. The highest BCUT2D eigenvalue weighted by Crippen LogP contribution is 2.39. The summed E-state index contributed by atoms with van der Waals surface area (Å²) in [5.41, 5.74) is 5.41. The summed E-state index contributed by atoms with van der Waals surface area (Å²) < 4.78 is 16.5. The van der Waals surface area contributed by atoms with Gasteiger partial charge in [0.25, 0.3) is 5.91 Å². The Labute approximate surface area is 112 Å². The molecule has 0 aliphatic carbocycles. The lowest BCUT2D eigenvalue weighted by Crippen LogP contribution is -2.10. The van der Waals surface area contributed by atoms with Gasteiger partial charge in [-0.1, -0.05) is 6.92 Å². The van der Waals surface area contributed by atoms with Crippen molar-refractivity contribution in [3.8, 4) is 11.5 Å². The minimum Gasteiger partial charge on any atom is -0.462 e. The first kappa shape index (κ1) is 14.0. The van der Waals surface area contributed by atoms with Crippen molar-refractivity contribution in [2.45, 2.75) is 13.3 Å². The molecule has 0 spiro atoms. The van der Waals surface area contributed by atoms with E-state index in [0.29, 0.717) is 11.3 Å². The fourth-order valence-electron chi connectivity index (χ4n) is 1.58. The molecule has 2 aromatic heterocycles. The third-order valence-electron chi connectivity index (χ3n) is 2.40. The number of primary amides is 1. The van der Waals surface area contributed by atoms with Gasteiger partial charge in [0.15, 0.2) is 10.8 Å². The number of aromatic nitrogens is 1. The zero-order chi connectivity index (χ0) is 14.2. The third-order valence-corrected chi connectivity index (χ3v) is 4.60. The Balaban J connectivity index is 2.62. The van der Waals surface area contributed by atoms with E-state index in [-0.39, 0.29) is 21.8 Å². The molecule has 2 aromatic rings. The zero-order valence-corrected chi connectivity index (χ0v) is 11.6. The summed E-state index contributed by atoms with van der Waals surface area (Å²) in [6.45, 7) is 1.84. The maximum absolute atomic E-state index is 11.3. The maximum atomic E-state index is 11.3. The molecule has 0 radical (unpaired) electrons. The molecule has 0 saturated carbocycles. The smallest absolute Gasteiger partial charge is 0.360 e. The van der Waals surface area contributed by atoms with Crippen LogP contribution in [0.15, 0.2) is 16.7 Å². The number of aryl methyl sites for hydroxylation is 1. The number of amides is 1. The highest BCUT2D eigenvalue weighted by atomic mass is 32.1. The van der Waals surface area contributed by atoms with Crippen LogP contribution in [-0.2, 0) is 11.0 Å². The van der Waals surface area contributed by atoms with Crippen LogP contribution in [0.3, 0.4) is 0 Å². The predicted octanol–water partition coefficient (Wildman–Crippen LogP) is 0.867. The second-order valence-corrected chi connectivity index (χ2v) is 6.34. The molecule has 0 aromatic carbocycles. The number of nitrogens with two attached hydrogens (primary N) is 1. The standard InChI is InChI=1S/C10H11N2O5PS/c1-2-6-7(12-10(19-6)9(11)13)8-5(3-4-17-8)18(14,15)16/h3-4H,2H2,1H3,(H2,11,13)(H2,14,15,16). The number of carbonyl (C=O) groups is 1. The highest BCUT2D eigenvalue weighted by Gasteiger charge is 2.28. The topological polar surface area (TPSA) is 127 Å². The lowest BCUT2D eigenvalue weighted by molar-refractivity contribution is 0.1000. The first-order chi connectivity index (χ1) is 8.84. The molecule has 19 heavy (non-hydrogen) atoms. The minimum absolute atomic E-state index is 0.0195. The summed E-state index contributed by atoms with van der Waals surface area (Å²) in [5, 5.41) is -0.163. The van der Waals surface area contributed by atoms with E-state index >= 15 is 0 Å². The molecule has 2 heterocycles. The third kappa shape index (κ3) is 2.62. The van der Waals surface area contributed by atoms with Crippen LogP contribution in [0.25, 0.3) is 11.5 Å². The molecule has 4 N–H and O–H groups in total. The molecule has 0 atom stereocenters. The Bertz CT molecular complexity index is 671. The molecule has 7 nitrogen and oxygen atoms in total. The van der Waals surface area contributed by atoms with Crippen molar-refractivity contribution in [2.75, 3.05) is 0 Å². The monoisotopic (exact) mass is 302 g/mol. The average molecular weight is 302 g/mol. The van der Waals surface area contributed by atoms with Gasteiger partial charge in [0.05, 0.1) is 6.26 Å². The summed E-state index contributed by atoms with van der Waals surface area (Å²) in [5.74, 6) is -0.704. The van der Waals surface area contributed by atoms with Crippen LogP contribution in [0.4, 0.5) is 0 Å². The number of hydrogen-bond donors (Lipinski definition) is 3. The molecule has 1 amide bonds. The van der Waals surface area contributed by atoms with Crippen molar-refractivity contribution in [3.63, 3.8) is 0 Å². The van der Waals surface area contributed by atoms with Crippen LogP contribution < -0.4 is 11.0 Å². The van der Waals surface area contributed by atoms with Gasteiger partial charge in [0.2, 0.25) is 0 Å². The number of hydrogen-bond acceptors (Lipinski definition) is 5. The van der Waals surface area contributed by atoms with Crippen LogP contribution in [0.1, 0.15) is 21.6 Å². The maximum Gasteiger partial charge on any atom is 0.360 e. The van der Waals surface area contributed by atoms with E-state index in [1.807, 2.05) is 6.92 Å². The summed E-state index contributed by atoms with van der Waals surface area (Å²) >= 11 is 1.09. The molecular formula is C10H11N2O5PS. The van der Waals surface area contributed by atoms with Crippen LogP contribution in [0, 0.1) is 0 Å². The molecule has 0 unspecified atom stereocenters. The number of thiazole rings is 1. The summed E-state index contributed by atoms with van der Waals surface area (Å²) in [7, 11) is -4.46. The Morgan fingerprint density at radius 2 is 2.26 bits per heavy atom. The predicted molar refractivity (Wildman–Crippen MR) is 69.4 cm³/mol. The van der Waals surface area contributed by atoms with E-state index in [4.69, 9.17) is 10.2 Å². The van der Waals surface area contributed by atoms with Crippen molar-refractivity contribution >= 4 is 30.1 Å². The molecule has 0 fully saturated rings. The van der Waals surface area contributed by atoms with Gasteiger partial charge in [-0.2, -0.15) is 0 Å². The molecule has 0 aliphatic heterocycles. The van der Waals surface area contributed by atoms with Gasteiger partial charge in [-0.05, 0) is 12.5 Å². The number of carbonyl (C=O) groups excluding carboxylic acids is 1. The molecule has 102 valence electrons. The normalized spacial score (nSPS) is 11.7. The summed E-state index contributed by atoms with van der Waals surface area (Å²) in [4.78, 5) is 34.3. The number of furan rings is 1. The second-order valence-electron chi connectivity index (χ2n) is 3.69. The van der Waals surface area contributed by atoms with Crippen molar-refractivity contribution in [1.82, 2.24) is 4.98 Å². The van der Waals surface area contributed by atoms with Crippen LogP contribution in [0.2, 0.25) is 0 Å². The van der Waals surface area contributed by atoms with E-state index in [2.05, 4.69) is 4.98 Å². The van der Waals surface area contributed by atoms with Crippen LogP contribution in [-0.4, -0.2) is 20.7 Å². The Morgan fingerprint density at radius 1 is 1.58 bits per heavy atom. The van der Waals surface area contributed by atoms with Gasteiger partial charge in [0.1, 0.15) is 11.0 Å². The van der Waals surface area contributed by atoms with E-state index in [9.17, 15) is 19.1 Å². The lowest BCUT2D eigenvalue weighted by atomic mass is 10.2. The summed E-state index contributed by atoms with van der Waals surface area (Å²) in [6, 6.07) is 1.19. The van der Waals surface area contributed by atoms with Gasteiger partial charge in [-0.3, -0.25) is 9.36 Å². The fourth-order valence-corrected chi connectivity index (χ4v) is 3.11. The van der Waals surface area contributed by atoms with Crippen molar-refractivity contribution < 1.29 is 23.6 Å². The molecule has 0 saturated heterocycles. The fraction of sp³-hybridized carbons (Fsp3) is 0.200. The van der Waals surface area contributed by atoms with Gasteiger partial charge in [-0.25, -0.2) is 4.98 Å². The van der Waals surface area contributed by atoms with Crippen LogP contribution in [0.5, 0.6) is 0 Å². The SMILES string of the molecule is CCc1sc(C(N)=O)nc1-c1occc1P(=O)(O)O. The highest BCUT2D eigenvalue weighted by molar-refractivity contribution is 7.60. The van der Waals surface area contributed by atoms with E-state index in [0.717, 1.165) is 11.3 Å². The molecule has 0 aliphatic rings. The second kappa shape index (κ2) is 4.90. The molecule has 2 rings (SSSR count). The van der Waals surface area contributed by atoms with Gasteiger partial charge in [-0.15, -0.1) is 11.3 Å². The molecule has 9 heteroatoms. The van der Waals surface area contributed by atoms with Gasteiger partial charge < -0.3 is 19.9 Å². The van der Waals surface area contributed by atoms with Crippen molar-refractivity contribution in [1.29, 1.82) is 0 Å². The first-order valence-electron chi connectivity index (χ1n) is 5.28. The van der Waals surface area contributed by atoms with Crippen molar-refractivity contribution in [2.24, 2.45) is 5.73 Å². The van der Waals surface area contributed by atoms with E-state index in [1.54, 1.807) is 0 Å². The molecular weight excluding hydrogens is 291 g/mol. The van der Waals surface area contributed by atoms with E-state index in [1.165, 1.54) is 12.3 Å². The lowest BCUT2D eigenvalue weighted by Gasteiger charge is -2.03. The number of rotatable bonds is 4. The summed E-state index contributed by atoms with van der Waals surface area (Å²) in [6.07, 6.45) is 1.72. The Kier molecular flexibility index (Phi) is 3.60. The average Bonchev–Trinajstić information content (AvgIpc) is 2.93. The Hall–Kier alpha value is -1.47. The van der Waals surface area contributed by atoms with Gasteiger partial charge >= 0.3 is 7.60 Å². The zero-order valence-electron chi connectivity index (χ0n) is 9.86. The quantitative estimate of drug-likeness (QED) is 0.719. The van der Waals surface area contributed by atoms with Crippen LogP contribution >= 0.6 is 18.9 Å². The largest absolute Gasteiger partial charge is 0.462 e. The van der Waals surface area contributed by atoms with Crippen molar-refractivity contribution in [3.05, 3.63) is 22.2 Å². The Morgan fingerprint density at radius 3 is 2.79 bits per heavy atom. The number of nitrogens with zero attached hydrogens (tertiary/aromatic N) is 1.